The van der Waals surface area contributed by atoms with E-state index in [1.165, 1.54) is 12.1 Å². The van der Waals surface area contributed by atoms with Gasteiger partial charge in [0.25, 0.3) is 0 Å². The molecule has 0 aromatic heterocycles. The number of hydrogen-bond acceptors (Lipinski definition) is 3. The Labute approximate surface area is 163 Å². The third-order valence-electron chi connectivity index (χ3n) is 4.76. The minimum Gasteiger partial charge on any atom is -0.381 e. The van der Waals surface area contributed by atoms with Crippen LogP contribution in [-0.2, 0) is 25.9 Å². The molecule has 5 nitrogen and oxygen atoms in total. The van der Waals surface area contributed by atoms with E-state index in [0.717, 1.165) is 12.1 Å². The van der Waals surface area contributed by atoms with Gasteiger partial charge >= 0.3 is 6.18 Å². The van der Waals surface area contributed by atoms with Crippen molar-refractivity contribution in [2.45, 2.75) is 63.7 Å². The van der Waals surface area contributed by atoms with Crippen LogP contribution in [0, 0.1) is 0 Å². The molecule has 0 spiro atoms. The Hall–Kier alpha value is -2.09. The molecule has 0 radical (unpaired) electrons. The second-order valence-electron chi connectivity index (χ2n) is 8.21. The molecule has 1 aliphatic heterocycles. The molecule has 2 amide bonds. The Morgan fingerprint density at radius 1 is 1.14 bits per heavy atom. The summed E-state index contributed by atoms with van der Waals surface area (Å²) in [5.74, 6) is -0.821. The predicted molar refractivity (Wildman–Crippen MR) is 98.7 cm³/mol. The van der Waals surface area contributed by atoms with Crippen LogP contribution in [0.4, 0.5) is 13.2 Å². The third kappa shape index (κ3) is 5.25. The van der Waals surface area contributed by atoms with Gasteiger partial charge in [0.15, 0.2) is 0 Å². The summed E-state index contributed by atoms with van der Waals surface area (Å²) in [7, 11) is 0. The molecule has 1 heterocycles. The summed E-state index contributed by atoms with van der Waals surface area (Å²) >= 11 is 0. The van der Waals surface area contributed by atoms with Crippen molar-refractivity contribution in [2.24, 2.45) is 0 Å². The number of rotatable bonds is 4. The van der Waals surface area contributed by atoms with E-state index in [4.69, 9.17) is 4.74 Å². The molecule has 28 heavy (non-hydrogen) atoms. The highest BCUT2D eigenvalue weighted by molar-refractivity contribution is 5.93. The standard InChI is InChI=1S/C20H27F3N2O3/c1-13(16(26)25-18(2,3)4)24-17(27)19(8-10-28-11-9-19)14-6-5-7-15(12-14)20(21,22)23/h5-7,12-13H,8-11H2,1-4H3,(H,24,27)(H,25,26). The molecule has 2 rings (SSSR count). The van der Waals surface area contributed by atoms with Crippen molar-refractivity contribution < 1.29 is 27.5 Å². The predicted octanol–water partition coefficient (Wildman–Crippen LogP) is 3.17. The molecule has 0 aliphatic carbocycles. The zero-order valence-electron chi connectivity index (χ0n) is 16.6. The topological polar surface area (TPSA) is 67.4 Å². The summed E-state index contributed by atoms with van der Waals surface area (Å²) in [6, 6.07) is 4.01. The normalized spacial score (nSPS) is 18.2. The Balaban J connectivity index is 2.30. The fourth-order valence-electron chi connectivity index (χ4n) is 3.24. The van der Waals surface area contributed by atoms with Gasteiger partial charge in [0.1, 0.15) is 6.04 Å². The van der Waals surface area contributed by atoms with Crippen LogP contribution in [0.2, 0.25) is 0 Å². The van der Waals surface area contributed by atoms with Crippen molar-refractivity contribution >= 4 is 11.8 Å². The van der Waals surface area contributed by atoms with Crippen molar-refractivity contribution in [3.05, 3.63) is 35.4 Å². The Morgan fingerprint density at radius 3 is 2.29 bits per heavy atom. The van der Waals surface area contributed by atoms with Gasteiger partial charge in [0, 0.05) is 18.8 Å². The highest BCUT2D eigenvalue weighted by Gasteiger charge is 2.44. The summed E-state index contributed by atoms with van der Waals surface area (Å²) in [6.07, 6.45) is -4.01. The molecule has 1 fully saturated rings. The van der Waals surface area contributed by atoms with E-state index in [1.807, 2.05) is 20.8 Å². The summed E-state index contributed by atoms with van der Waals surface area (Å²) in [4.78, 5) is 25.4. The van der Waals surface area contributed by atoms with E-state index in [2.05, 4.69) is 10.6 Å². The number of ether oxygens (including phenoxy) is 1. The van der Waals surface area contributed by atoms with Crippen LogP contribution in [0.3, 0.4) is 0 Å². The fraction of sp³-hybridized carbons (Fsp3) is 0.600. The second-order valence-corrected chi connectivity index (χ2v) is 8.21. The summed E-state index contributed by atoms with van der Waals surface area (Å²) in [5, 5.41) is 5.46. The first-order chi connectivity index (χ1) is 12.8. The molecular formula is C20H27F3N2O3. The van der Waals surface area contributed by atoms with Gasteiger partial charge in [0.05, 0.1) is 11.0 Å². The van der Waals surface area contributed by atoms with Gasteiger partial charge in [-0.1, -0.05) is 18.2 Å². The average molecular weight is 400 g/mol. The maximum Gasteiger partial charge on any atom is 0.416 e. The number of nitrogens with one attached hydrogen (secondary N) is 2. The maximum atomic E-state index is 13.2. The number of alkyl halides is 3. The lowest BCUT2D eigenvalue weighted by Gasteiger charge is -2.37. The summed E-state index contributed by atoms with van der Waals surface area (Å²) in [6.45, 7) is 7.53. The van der Waals surface area contributed by atoms with Crippen LogP contribution < -0.4 is 10.6 Å². The van der Waals surface area contributed by atoms with E-state index in [0.29, 0.717) is 0 Å². The molecule has 1 atom stereocenters. The van der Waals surface area contributed by atoms with Gasteiger partial charge in [-0.15, -0.1) is 0 Å². The van der Waals surface area contributed by atoms with E-state index in [9.17, 15) is 22.8 Å². The minimum absolute atomic E-state index is 0.244. The number of carbonyl (C=O) groups is 2. The fourth-order valence-corrected chi connectivity index (χ4v) is 3.24. The lowest BCUT2D eigenvalue weighted by molar-refractivity contribution is -0.138. The molecule has 1 aromatic carbocycles. The molecule has 0 saturated carbocycles. The van der Waals surface area contributed by atoms with Crippen molar-refractivity contribution in [3.8, 4) is 0 Å². The molecule has 1 aliphatic rings. The number of carbonyl (C=O) groups excluding carboxylic acids is 2. The minimum atomic E-state index is -4.50. The monoisotopic (exact) mass is 400 g/mol. The smallest absolute Gasteiger partial charge is 0.381 e. The van der Waals surface area contributed by atoms with E-state index < -0.39 is 34.6 Å². The lowest BCUT2D eigenvalue weighted by Crippen LogP contribution is -2.56. The highest BCUT2D eigenvalue weighted by Crippen LogP contribution is 2.38. The zero-order valence-corrected chi connectivity index (χ0v) is 16.6. The SMILES string of the molecule is CC(NC(=O)C1(c2cccc(C(F)(F)F)c2)CCOCC1)C(=O)NC(C)(C)C. The molecule has 1 saturated heterocycles. The van der Waals surface area contributed by atoms with Gasteiger partial charge in [-0.2, -0.15) is 13.2 Å². The molecule has 8 heteroatoms. The first-order valence-corrected chi connectivity index (χ1v) is 9.24. The van der Waals surface area contributed by atoms with Crippen LogP contribution in [0.15, 0.2) is 24.3 Å². The van der Waals surface area contributed by atoms with Crippen LogP contribution in [0.5, 0.6) is 0 Å². The zero-order chi connectivity index (χ0) is 21.2. The summed E-state index contributed by atoms with van der Waals surface area (Å²) < 4.78 is 44.8. The van der Waals surface area contributed by atoms with Crippen LogP contribution in [-0.4, -0.2) is 36.6 Å². The number of amides is 2. The lowest BCUT2D eigenvalue weighted by atomic mass is 9.72. The van der Waals surface area contributed by atoms with Crippen molar-refractivity contribution in [3.63, 3.8) is 0 Å². The third-order valence-corrected chi connectivity index (χ3v) is 4.76. The molecular weight excluding hydrogens is 373 g/mol. The Bertz CT molecular complexity index is 720. The molecule has 156 valence electrons. The molecule has 1 unspecified atom stereocenters. The van der Waals surface area contributed by atoms with Crippen LogP contribution in [0.1, 0.15) is 51.7 Å². The van der Waals surface area contributed by atoms with Gasteiger partial charge < -0.3 is 15.4 Å². The first-order valence-electron chi connectivity index (χ1n) is 9.24. The van der Waals surface area contributed by atoms with Crippen LogP contribution in [0.25, 0.3) is 0 Å². The molecule has 0 bridgehead atoms. The summed E-state index contributed by atoms with van der Waals surface area (Å²) in [5.41, 5.74) is -2.16. The van der Waals surface area contributed by atoms with Gasteiger partial charge in [-0.3, -0.25) is 9.59 Å². The Morgan fingerprint density at radius 2 is 1.75 bits per heavy atom. The van der Waals surface area contributed by atoms with Gasteiger partial charge in [0.2, 0.25) is 11.8 Å². The van der Waals surface area contributed by atoms with Crippen molar-refractivity contribution in [1.29, 1.82) is 0 Å². The van der Waals surface area contributed by atoms with Crippen LogP contribution >= 0.6 is 0 Å². The number of benzene rings is 1. The van der Waals surface area contributed by atoms with E-state index in [-0.39, 0.29) is 37.5 Å². The Kier molecular flexibility index (Phi) is 6.43. The van der Waals surface area contributed by atoms with E-state index >= 15 is 0 Å². The first kappa shape index (κ1) is 22.2. The van der Waals surface area contributed by atoms with Crippen molar-refractivity contribution in [1.82, 2.24) is 10.6 Å². The second kappa shape index (κ2) is 8.11. The number of hydrogen-bond donors (Lipinski definition) is 2. The average Bonchev–Trinajstić information content (AvgIpc) is 2.60. The largest absolute Gasteiger partial charge is 0.416 e. The highest BCUT2D eigenvalue weighted by atomic mass is 19.4. The molecule has 2 N–H and O–H groups in total. The van der Waals surface area contributed by atoms with E-state index in [1.54, 1.807) is 6.92 Å². The molecule has 1 aromatic rings. The quantitative estimate of drug-likeness (QED) is 0.816. The van der Waals surface area contributed by atoms with Crippen molar-refractivity contribution in [2.75, 3.05) is 13.2 Å². The van der Waals surface area contributed by atoms with Gasteiger partial charge in [-0.25, -0.2) is 0 Å². The number of halogens is 3. The maximum absolute atomic E-state index is 13.2. The van der Waals surface area contributed by atoms with Gasteiger partial charge in [-0.05, 0) is 52.2 Å².